The number of carbonyl (C=O) groups excluding carboxylic acids is 1. The van der Waals surface area contributed by atoms with Crippen LogP contribution in [0, 0.1) is 5.82 Å². The monoisotopic (exact) mass is 327 g/mol. The topological polar surface area (TPSA) is 120 Å². The molecule has 2 aromatic carbocycles. The molecule has 7 nitrogen and oxygen atoms in total. The first kappa shape index (κ1) is 15.5. The van der Waals surface area contributed by atoms with Crippen LogP contribution < -0.4 is 16.8 Å². The number of nitrogen functional groups attached to an aromatic ring is 2. The van der Waals surface area contributed by atoms with Crippen LogP contribution in [0.4, 0.5) is 15.8 Å². The number of anilines is 2. The van der Waals surface area contributed by atoms with Crippen LogP contribution in [-0.4, -0.2) is 16.1 Å². The highest BCUT2D eigenvalue weighted by molar-refractivity contribution is 5.89. The summed E-state index contributed by atoms with van der Waals surface area (Å²) in [5.41, 5.74) is 12.9. The molecule has 0 spiro atoms. The molecular formula is C16H14FN5O2. The minimum atomic E-state index is -0.633. The number of aromatic nitrogens is 2. The molecule has 0 radical (unpaired) electrons. The SMILES string of the molecule is Nc1ccccc1-c1nnc(C(=O)NCc2c(N)cccc2F)o1. The lowest BCUT2D eigenvalue weighted by molar-refractivity contribution is 0.0916. The Hall–Kier alpha value is -3.42. The quantitative estimate of drug-likeness (QED) is 0.630. The van der Waals surface area contributed by atoms with Crippen molar-refractivity contribution in [2.24, 2.45) is 0 Å². The van der Waals surface area contributed by atoms with Gasteiger partial charge in [0.05, 0.1) is 5.56 Å². The third kappa shape index (κ3) is 3.02. The van der Waals surface area contributed by atoms with Gasteiger partial charge in [0.2, 0.25) is 5.89 Å². The second-order valence-corrected chi connectivity index (χ2v) is 4.99. The fourth-order valence-corrected chi connectivity index (χ4v) is 2.12. The maximum Gasteiger partial charge on any atom is 0.309 e. The smallest absolute Gasteiger partial charge is 0.309 e. The standard InChI is InChI=1S/C16H14FN5O2/c17-11-5-3-7-13(19)10(11)8-20-14(23)16-22-21-15(24-16)9-4-1-2-6-12(9)18/h1-7H,8,18-19H2,(H,20,23). The van der Waals surface area contributed by atoms with Crippen molar-refractivity contribution in [2.45, 2.75) is 6.54 Å². The Balaban J connectivity index is 1.74. The maximum atomic E-state index is 13.7. The molecule has 0 unspecified atom stereocenters. The van der Waals surface area contributed by atoms with Crippen molar-refractivity contribution in [3.63, 3.8) is 0 Å². The van der Waals surface area contributed by atoms with Crippen molar-refractivity contribution in [3.8, 4) is 11.5 Å². The van der Waals surface area contributed by atoms with Crippen LogP contribution in [0.2, 0.25) is 0 Å². The van der Waals surface area contributed by atoms with E-state index in [1.165, 1.54) is 12.1 Å². The highest BCUT2D eigenvalue weighted by Gasteiger charge is 2.17. The summed E-state index contributed by atoms with van der Waals surface area (Å²) in [6, 6.07) is 11.2. The zero-order valence-corrected chi connectivity index (χ0v) is 12.5. The molecule has 0 aliphatic heterocycles. The van der Waals surface area contributed by atoms with E-state index in [1.807, 2.05) is 0 Å². The van der Waals surface area contributed by atoms with E-state index in [1.54, 1.807) is 30.3 Å². The molecule has 24 heavy (non-hydrogen) atoms. The molecule has 122 valence electrons. The van der Waals surface area contributed by atoms with Crippen molar-refractivity contribution in [1.82, 2.24) is 15.5 Å². The molecule has 1 heterocycles. The molecule has 0 saturated heterocycles. The van der Waals surface area contributed by atoms with E-state index in [4.69, 9.17) is 15.9 Å². The number of rotatable bonds is 4. The second kappa shape index (κ2) is 6.37. The number of hydrogen-bond donors (Lipinski definition) is 3. The minimum absolute atomic E-state index is 0.0947. The van der Waals surface area contributed by atoms with Crippen LogP contribution in [-0.2, 0) is 6.54 Å². The predicted octanol–water partition coefficient (Wildman–Crippen LogP) is 1.97. The van der Waals surface area contributed by atoms with Crippen LogP contribution in [0.15, 0.2) is 46.9 Å². The molecule has 3 aromatic rings. The fourth-order valence-electron chi connectivity index (χ4n) is 2.12. The lowest BCUT2D eigenvalue weighted by atomic mass is 10.1. The Bertz CT molecular complexity index is 873. The number of para-hydroxylation sites is 1. The Labute approximate surface area is 136 Å². The van der Waals surface area contributed by atoms with E-state index in [0.29, 0.717) is 11.3 Å². The van der Waals surface area contributed by atoms with Gasteiger partial charge in [-0.2, -0.15) is 0 Å². The van der Waals surface area contributed by atoms with Crippen molar-refractivity contribution in [1.29, 1.82) is 0 Å². The Kier molecular flexibility index (Phi) is 4.11. The average molecular weight is 327 g/mol. The lowest BCUT2D eigenvalue weighted by Crippen LogP contribution is -2.24. The summed E-state index contributed by atoms with van der Waals surface area (Å²) in [5.74, 6) is -1.25. The van der Waals surface area contributed by atoms with Crippen molar-refractivity contribution < 1.29 is 13.6 Å². The molecule has 0 fully saturated rings. The first-order chi connectivity index (χ1) is 11.6. The van der Waals surface area contributed by atoms with E-state index < -0.39 is 11.7 Å². The molecule has 0 bridgehead atoms. The summed E-state index contributed by atoms with van der Waals surface area (Å²) in [6.45, 7) is -0.0947. The minimum Gasteiger partial charge on any atom is -0.412 e. The predicted molar refractivity (Wildman–Crippen MR) is 86.1 cm³/mol. The van der Waals surface area contributed by atoms with Gasteiger partial charge < -0.3 is 21.2 Å². The van der Waals surface area contributed by atoms with E-state index in [-0.39, 0.29) is 29.6 Å². The summed E-state index contributed by atoms with van der Waals surface area (Å²) in [4.78, 5) is 12.1. The van der Waals surface area contributed by atoms with Gasteiger partial charge in [-0.1, -0.05) is 18.2 Å². The Morgan fingerprint density at radius 1 is 1.08 bits per heavy atom. The zero-order chi connectivity index (χ0) is 17.1. The van der Waals surface area contributed by atoms with E-state index in [9.17, 15) is 9.18 Å². The van der Waals surface area contributed by atoms with Crippen molar-refractivity contribution >= 4 is 17.3 Å². The number of benzene rings is 2. The first-order valence-corrected chi connectivity index (χ1v) is 7.05. The number of carbonyl (C=O) groups is 1. The van der Waals surface area contributed by atoms with Gasteiger partial charge in [0.25, 0.3) is 0 Å². The number of amides is 1. The summed E-state index contributed by atoms with van der Waals surface area (Å²) >= 11 is 0. The highest BCUT2D eigenvalue weighted by atomic mass is 19.1. The lowest BCUT2D eigenvalue weighted by Gasteiger charge is -2.07. The van der Waals surface area contributed by atoms with Gasteiger partial charge in [-0.25, -0.2) is 4.39 Å². The van der Waals surface area contributed by atoms with Crippen LogP contribution >= 0.6 is 0 Å². The summed E-state index contributed by atoms with van der Waals surface area (Å²) in [7, 11) is 0. The number of nitrogens with zero attached hydrogens (tertiary/aromatic N) is 2. The fraction of sp³-hybridized carbons (Fsp3) is 0.0625. The van der Waals surface area contributed by atoms with Gasteiger partial charge in [-0.15, -0.1) is 10.2 Å². The third-order valence-electron chi connectivity index (χ3n) is 3.39. The molecule has 0 saturated carbocycles. The van der Waals surface area contributed by atoms with Gasteiger partial charge in [0, 0.05) is 23.5 Å². The molecule has 1 aromatic heterocycles. The van der Waals surface area contributed by atoms with Gasteiger partial charge >= 0.3 is 11.8 Å². The Morgan fingerprint density at radius 3 is 2.58 bits per heavy atom. The first-order valence-electron chi connectivity index (χ1n) is 7.05. The molecular weight excluding hydrogens is 313 g/mol. The number of hydrogen-bond acceptors (Lipinski definition) is 6. The summed E-state index contributed by atoms with van der Waals surface area (Å²) in [6.07, 6.45) is 0. The van der Waals surface area contributed by atoms with Gasteiger partial charge in [-0.3, -0.25) is 4.79 Å². The molecule has 0 aliphatic carbocycles. The highest BCUT2D eigenvalue weighted by Crippen LogP contribution is 2.24. The van der Waals surface area contributed by atoms with E-state index in [0.717, 1.165) is 0 Å². The zero-order valence-electron chi connectivity index (χ0n) is 12.5. The molecule has 5 N–H and O–H groups in total. The molecule has 1 amide bonds. The third-order valence-corrected chi connectivity index (χ3v) is 3.39. The summed E-state index contributed by atoms with van der Waals surface area (Å²) in [5, 5.41) is 9.97. The molecule has 0 aliphatic rings. The average Bonchev–Trinajstić information content (AvgIpc) is 3.04. The van der Waals surface area contributed by atoms with Crippen LogP contribution in [0.5, 0.6) is 0 Å². The van der Waals surface area contributed by atoms with E-state index in [2.05, 4.69) is 15.5 Å². The van der Waals surface area contributed by atoms with Crippen molar-refractivity contribution in [3.05, 3.63) is 59.7 Å². The maximum absolute atomic E-state index is 13.7. The van der Waals surface area contributed by atoms with Crippen molar-refractivity contribution in [2.75, 3.05) is 11.5 Å². The number of nitrogens with two attached hydrogens (primary N) is 2. The molecule has 0 atom stereocenters. The molecule has 3 rings (SSSR count). The van der Waals surface area contributed by atoms with Crippen LogP contribution in [0.25, 0.3) is 11.5 Å². The number of nitrogens with one attached hydrogen (secondary N) is 1. The largest absolute Gasteiger partial charge is 0.412 e. The summed E-state index contributed by atoms with van der Waals surface area (Å²) < 4.78 is 19.0. The molecule has 8 heteroatoms. The number of halogens is 1. The van der Waals surface area contributed by atoms with Gasteiger partial charge in [0.1, 0.15) is 5.82 Å². The Morgan fingerprint density at radius 2 is 1.83 bits per heavy atom. The van der Waals surface area contributed by atoms with Gasteiger partial charge in [0.15, 0.2) is 0 Å². The van der Waals surface area contributed by atoms with E-state index >= 15 is 0 Å². The van der Waals surface area contributed by atoms with Gasteiger partial charge in [-0.05, 0) is 24.3 Å². The van der Waals surface area contributed by atoms with Crippen LogP contribution in [0.3, 0.4) is 0 Å². The van der Waals surface area contributed by atoms with Crippen LogP contribution in [0.1, 0.15) is 16.2 Å². The second-order valence-electron chi connectivity index (χ2n) is 4.99. The normalized spacial score (nSPS) is 10.5.